The molecule has 0 radical (unpaired) electrons. The highest BCUT2D eigenvalue weighted by Gasteiger charge is 2.07. The van der Waals surface area contributed by atoms with E-state index in [9.17, 15) is 8.78 Å². The lowest BCUT2D eigenvalue weighted by molar-refractivity contribution is 0.438. The Bertz CT molecular complexity index is 575. The minimum absolute atomic E-state index is 0.0360. The van der Waals surface area contributed by atoms with Crippen molar-refractivity contribution in [3.8, 4) is 11.5 Å². The van der Waals surface area contributed by atoms with E-state index in [4.69, 9.17) is 10.5 Å². The fourth-order valence-corrected chi connectivity index (χ4v) is 1.67. The Labute approximate surface area is 112 Å². The number of nitrogens with two attached hydrogens (primary N) is 1. The van der Waals surface area contributed by atoms with E-state index in [1.165, 1.54) is 24.3 Å². The molecule has 5 heteroatoms. The second-order valence-electron chi connectivity index (χ2n) is 3.65. The van der Waals surface area contributed by atoms with Crippen LogP contribution < -0.4 is 10.5 Å². The van der Waals surface area contributed by atoms with E-state index in [1.54, 1.807) is 12.1 Å². The Morgan fingerprint density at radius 1 is 1.06 bits per heavy atom. The van der Waals surface area contributed by atoms with Gasteiger partial charge in [0.2, 0.25) is 0 Å². The number of rotatable bonds is 3. The monoisotopic (exact) mass is 313 g/mol. The van der Waals surface area contributed by atoms with Crippen LogP contribution in [0, 0.1) is 11.6 Å². The molecule has 0 fully saturated rings. The van der Waals surface area contributed by atoms with Crippen LogP contribution in [0.4, 0.5) is 8.78 Å². The third-order valence-corrected chi connectivity index (χ3v) is 2.99. The Hall–Kier alpha value is -1.46. The van der Waals surface area contributed by atoms with Crippen LogP contribution in [-0.4, -0.2) is 0 Å². The number of hydrogen-bond donors (Lipinski definition) is 1. The molecule has 0 aliphatic rings. The van der Waals surface area contributed by atoms with E-state index in [2.05, 4.69) is 15.9 Å². The predicted molar refractivity (Wildman–Crippen MR) is 68.5 cm³/mol. The first kappa shape index (κ1) is 13.0. The van der Waals surface area contributed by atoms with Gasteiger partial charge in [-0.25, -0.2) is 8.78 Å². The highest BCUT2D eigenvalue weighted by Crippen LogP contribution is 2.27. The zero-order valence-corrected chi connectivity index (χ0v) is 10.9. The molecule has 2 aromatic rings. The summed E-state index contributed by atoms with van der Waals surface area (Å²) in [5, 5.41) is 0. The summed E-state index contributed by atoms with van der Waals surface area (Å²) < 4.78 is 32.5. The van der Waals surface area contributed by atoms with Gasteiger partial charge in [0.1, 0.15) is 11.6 Å². The lowest BCUT2D eigenvalue weighted by Crippen LogP contribution is -1.97. The number of benzene rings is 2. The van der Waals surface area contributed by atoms with Crippen LogP contribution in [0.1, 0.15) is 5.56 Å². The first-order chi connectivity index (χ1) is 8.60. The topological polar surface area (TPSA) is 35.2 Å². The first-order valence-corrected chi connectivity index (χ1v) is 6.01. The highest BCUT2D eigenvalue weighted by molar-refractivity contribution is 9.10. The molecule has 2 rings (SSSR count). The molecule has 2 aromatic carbocycles. The SMILES string of the molecule is NCc1ccc(Oc2ccc(Br)c(F)c2)c(F)c1. The highest BCUT2D eigenvalue weighted by atomic mass is 79.9. The van der Waals surface area contributed by atoms with Gasteiger partial charge in [0.15, 0.2) is 11.6 Å². The molecule has 0 aromatic heterocycles. The second kappa shape index (κ2) is 5.46. The molecule has 18 heavy (non-hydrogen) atoms. The summed E-state index contributed by atoms with van der Waals surface area (Å²) in [7, 11) is 0. The van der Waals surface area contributed by atoms with E-state index in [1.807, 2.05) is 0 Å². The predicted octanol–water partition coefficient (Wildman–Crippen LogP) is 3.98. The van der Waals surface area contributed by atoms with Crippen molar-refractivity contribution in [3.63, 3.8) is 0 Å². The lowest BCUT2D eigenvalue weighted by Gasteiger charge is -2.08. The minimum Gasteiger partial charge on any atom is -0.454 e. The van der Waals surface area contributed by atoms with Gasteiger partial charge in [0.05, 0.1) is 4.47 Å². The standard InChI is InChI=1S/C13H10BrF2NO/c14-10-3-2-9(6-11(10)15)18-13-4-1-8(7-17)5-12(13)16/h1-6H,7,17H2. The smallest absolute Gasteiger partial charge is 0.166 e. The van der Waals surface area contributed by atoms with Crippen LogP contribution in [0.5, 0.6) is 11.5 Å². The molecule has 0 amide bonds. The quantitative estimate of drug-likeness (QED) is 0.930. The Morgan fingerprint density at radius 2 is 1.83 bits per heavy atom. The maximum absolute atomic E-state index is 13.6. The molecule has 0 unspecified atom stereocenters. The molecule has 0 aliphatic carbocycles. The first-order valence-electron chi connectivity index (χ1n) is 5.21. The normalized spacial score (nSPS) is 10.4. The third-order valence-electron chi connectivity index (χ3n) is 2.35. The fourth-order valence-electron chi connectivity index (χ4n) is 1.42. The lowest BCUT2D eigenvalue weighted by atomic mass is 10.2. The Balaban J connectivity index is 2.25. The molecule has 0 spiro atoms. The van der Waals surface area contributed by atoms with E-state index in [-0.39, 0.29) is 18.0 Å². The van der Waals surface area contributed by atoms with Crippen molar-refractivity contribution in [2.75, 3.05) is 0 Å². The van der Waals surface area contributed by atoms with Crippen LogP contribution in [0.3, 0.4) is 0 Å². The van der Waals surface area contributed by atoms with Crippen LogP contribution >= 0.6 is 15.9 Å². The number of halogens is 3. The zero-order chi connectivity index (χ0) is 13.1. The molecule has 2 N–H and O–H groups in total. The molecule has 0 heterocycles. The molecule has 0 aliphatic heterocycles. The molecule has 94 valence electrons. The number of hydrogen-bond acceptors (Lipinski definition) is 2. The van der Waals surface area contributed by atoms with Gasteiger partial charge in [-0.3, -0.25) is 0 Å². The van der Waals surface area contributed by atoms with Gasteiger partial charge in [-0.2, -0.15) is 0 Å². The largest absolute Gasteiger partial charge is 0.454 e. The van der Waals surface area contributed by atoms with E-state index in [0.717, 1.165) is 0 Å². The summed E-state index contributed by atoms with van der Waals surface area (Å²) in [6, 6.07) is 8.65. The average Bonchev–Trinajstić information content (AvgIpc) is 2.36. The molecule has 0 saturated heterocycles. The van der Waals surface area contributed by atoms with E-state index < -0.39 is 11.6 Å². The molecule has 2 nitrogen and oxygen atoms in total. The van der Waals surface area contributed by atoms with Gasteiger partial charge in [-0.15, -0.1) is 0 Å². The maximum atomic E-state index is 13.6. The summed E-state index contributed by atoms with van der Waals surface area (Å²) in [4.78, 5) is 0. The van der Waals surface area contributed by atoms with Gasteiger partial charge in [0, 0.05) is 12.6 Å². The van der Waals surface area contributed by atoms with Crippen LogP contribution in [0.25, 0.3) is 0 Å². The van der Waals surface area contributed by atoms with Crippen LogP contribution in [0.2, 0.25) is 0 Å². The molecule has 0 bridgehead atoms. The van der Waals surface area contributed by atoms with Crippen molar-refractivity contribution >= 4 is 15.9 Å². The summed E-state index contributed by atoms with van der Waals surface area (Å²) in [5.41, 5.74) is 6.06. The van der Waals surface area contributed by atoms with Crippen molar-refractivity contribution in [1.82, 2.24) is 0 Å². The second-order valence-corrected chi connectivity index (χ2v) is 4.50. The molecule has 0 saturated carbocycles. The number of ether oxygens (including phenoxy) is 1. The summed E-state index contributed by atoms with van der Waals surface area (Å²) >= 11 is 3.03. The fraction of sp³-hybridized carbons (Fsp3) is 0.0769. The summed E-state index contributed by atoms with van der Waals surface area (Å²) in [6.07, 6.45) is 0. The average molecular weight is 314 g/mol. The van der Waals surface area contributed by atoms with Crippen molar-refractivity contribution in [3.05, 3.63) is 58.1 Å². The van der Waals surface area contributed by atoms with Crippen molar-refractivity contribution in [2.24, 2.45) is 5.73 Å². The van der Waals surface area contributed by atoms with Crippen LogP contribution in [-0.2, 0) is 6.54 Å². The van der Waals surface area contributed by atoms with Gasteiger partial charge in [0.25, 0.3) is 0 Å². The molecular weight excluding hydrogens is 304 g/mol. The molecule has 0 atom stereocenters. The van der Waals surface area contributed by atoms with Crippen molar-refractivity contribution in [2.45, 2.75) is 6.54 Å². The Kier molecular flexibility index (Phi) is 3.93. The molecular formula is C13H10BrF2NO. The third kappa shape index (κ3) is 2.86. The van der Waals surface area contributed by atoms with Gasteiger partial charge >= 0.3 is 0 Å². The zero-order valence-electron chi connectivity index (χ0n) is 9.29. The van der Waals surface area contributed by atoms with E-state index in [0.29, 0.717) is 10.0 Å². The maximum Gasteiger partial charge on any atom is 0.166 e. The summed E-state index contributed by atoms with van der Waals surface area (Å²) in [6.45, 7) is 0.254. The van der Waals surface area contributed by atoms with Crippen molar-refractivity contribution < 1.29 is 13.5 Å². The van der Waals surface area contributed by atoms with Gasteiger partial charge < -0.3 is 10.5 Å². The van der Waals surface area contributed by atoms with Crippen LogP contribution in [0.15, 0.2) is 40.9 Å². The van der Waals surface area contributed by atoms with Gasteiger partial charge in [-0.1, -0.05) is 6.07 Å². The Morgan fingerprint density at radius 3 is 2.44 bits per heavy atom. The summed E-state index contributed by atoms with van der Waals surface area (Å²) in [5.74, 6) is -0.725. The van der Waals surface area contributed by atoms with Gasteiger partial charge in [-0.05, 0) is 45.8 Å². The van der Waals surface area contributed by atoms with Crippen molar-refractivity contribution in [1.29, 1.82) is 0 Å². The van der Waals surface area contributed by atoms with E-state index >= 15 is 0 Å². The minimum atomic E-state index is -0.527.